The van der Waals surface area contributed by atoms with E-state index >= 15 is 0 Å². The van der Waals surface area contributed by atoms with Crippen molar-refractivity contribution in [2.24, 2.45) is 0 Å². The summed E-state index contributed by atoms with van der Waals surface area (Å²) in [5.41, 5.74) is -0.466. The van der Waals surface area contributed by atoms with E-state index in [2.05, 4.69) is 23.2 Å². The number of nitrogens with one attached hydrogen (secondary N) is 2. The zero-order valence-corrected chi connectivity index (χ0v) is 17.8. The molecule has 1 aliphatic carbocycles. The van der Waals surface area contributed by atoms with E-state index in [4.69, 9.17) is 4.74 Å². The molecule has 9 heteroatoms. The molecule has 0 heterocycles. The zero-order chi connectivity index (χ0) is 22.8. The van der Waals surface area contributed by atoms with Crippen molar-refractivity contribution in [3.05, 3.63) is 72.6 Å². The normalized spacial score (nSPS) is 14.6. The second-order valence-corrected chi connectivity index (χ2v) is 9.49. The highest BCUT2D eigenvalue weighted by molar-refractivity contribution is 7.94. The molecule has 166 valence electrons. The first kappa shape index (κ1) is 22.7. The summed E-state index contributed by atoms with van der Waals surface area (Å²) in [5.74, 6) is -3.63. The highest BCUT2D eigenvalue weighted by atomic mass is 32.2. The molecule has 0 spiro atoms. The molecule has 2 N–H and O–H groups in total. The molecule has 0 unspecified atom stereocenters. The number of sulfonamides is 1. The predicted octanol–water partition coefficient (Wildman–Crippen LogP) is 5.57. The van der Waals surface area contributed by atoms with Gasteiger partial charge in [-0.15, -0.1) is 6.58 Å². The highest BCUT2D eigenvalue weighted by Crippen LogP contribution is 2.49. The van der Waals surface area contributed by atoms with Crippen LogP contribution in [0.5, 0.6) is 5.75 Å². The van der Waals surface area contributed by atoms with Gasteiger partial charge in [0.15, 0.2) is 11.6 Å². The summed E-state index contributed by atoms with van der Waals surface area (Å²) in [6, 6.07) is 4.87. The summed E-state index contributed by atoms with van der Waals surface area (Å²) in [5, 5.41) is 2.48. The van der Waals surface area contributed by atoms with E-state index < -0.39 is 37.9 Å². The van der Waals surface area contributed by atoms with E-state index in [1.54, 1.807) is 13.0 Å². The fourth-order valence-corrected chi connectivity index (χ4v) is 4.83. The molecule has 1 aliphatic rings. The maximum absolute atomic E-state index is 14.8. The zero-order valence-electron chi connectivity index (χ0n) is 17.0. The van der Waals surface area contributed by atoms with Crippen LogP contribution in [0.25, 0.3) is 0 Å². The molecule has 0 aromatic heterocycles. The minimum Gasteiger partial charge on any atom is -0.487 e. The Morgan fingerprint density at radius 2 is 1.81 bits per heavy atom. The molecule has 1 saturated carbocycles. The van der Waals surface area contributed by atoms with Crippen LogP contribution in [0.3, 0.4) is 0 Å². The lowest BCUT2D eigenvalue weighted by molar-refractivity contribution is 0.361. The first-order valence-electron chi connectivity index (χ1n) is 9.56. The Morgan fingerprint density at radius 3 is 2.39 bits per heavy atom. The maximum Gasteiger partial charge on any atom is 0.238 e. The molecule has 0 aliphatic heterocycles. The SMILES string of the molecule is C=CCOc1cc(F)c(F)c(Nc2ccc(C)cc2F)c1NS(=O)(=O)C1(CC=C)CC1. The van der Waals surface area contributed by atoms with Gasteiger partial charge in [0.25, 0.3) is 0 Å². The summed E-state index contributed by atoms with van der Waals surface area (Å²) in [6.45, 7) is 8.67. The summed E-state index contributed by atoms with van der Waals surface area (Å²) >= 11 is 0. The molecule has 2 aromatic carbocycles. The van der Waals surface area contributed by atoms with Crippen molar-refractivity contribution >= 4 is 27.1 Å². The Balaban J connectivity index is 2.13. The van der Waals surface area contributed by atoms with Gasteiger partial charge in [-0.2, -0.15) is 0 Å². The molecule has 5 nitrogen and oxygen atoms in total. The second-order valence-electron chi connectivity index (χ2n) is 7.41. The third-order valence-electron chi connectivity index (χ3n) is 5.05. The van der Waals surface area contributed by atoms with Gasteiger partial charge in [0, 0.05) is 6.07 Å². The average molecular weight is 452 g/mol. The first-order chi connectivity index (χ1) is 14.6. The average Bonchev–Trinajstić information content (AvgIpc) is 3.49. The van der Waals surface area contributed by atoms with Gasteiger partial charge in [-0.05, 0) is 43.9 Å². The third-order valence-corrected chi connectivity index (χ3v) is 7.24. The summed E-state index contributed by atoms with van der Waals surface area (Å²) in [4.78, 5) is 0. The Labute approximate surface area is 179 Å². The van der Waals surface area contributed by atoms with Crippen LogP contribution < -0.4 is 14.8 Å². The number of rotatable bonds is 10. The van der Waals surface area contributed by atoms with Crippen molar-refractivity contribution in [3.8, 4) is 5.75 Å². The van der Waals surface area contributed by atoms with Crippen molar-refractivity contribution in [2.45, 2.75) is 30.9 Å². The van der Waals surface area contributed by atoms with Crippen LogP contribution >= 0.6 is 0 Å². The van der Waals surface area contributed by atoms with E-state index in [-0.39, 0.29) is 30.2 Å². The Kier molecular flexibility index (Phi) is 6.35. The van der Waals surface area contributed by atoms with E-state index in [0.717, 1.165) is 6.07 Å². The lowest BCUT2D eigenvalue weighted by Gasteiger charge is -2.22. The largest absolute Gasteiger partial charge is 0.487 e. The molecule has 0 saturated heterocycles. The number of anilines is 3. The maximum atomic E-state index is 14.8. The lowest BCUT2D eigenvalue weighted by atomic mass is 10.2. The van der Waals surface area contributed by atoms with Crippen molar-refractivity contribution < 1.29 is 26.3 Å². The van der Waals surface area contributed by atoms with Crippen LogP contribution in [0.1, 0.15) is 24.8 Å². The predicted molar refractivity (Wildman–Crippen MR) is 116 cm³/mol. The van der Waals surface area contributed by atoms with E-state index in [0.29, 0.717) is 18.4 Å². The molecule has 0 atom stereocenters. The summed E-state index contributed by atoms with van der Waals surface area (Å²) < 4.78 is 76.3. The lowest BCUT2D eigenvalue weighted by Crippen LogP contribution is -2.30. The molecule has 0 amide bonds. The minimum atomic E-state index is -4.02. The second kappa shape index (κ2) is 8.66. The molecular weight excluding hydrogens is 429 g/mol. The van der Waals surface area contributed by atoms with Gasteiger partial charge in [0.05, 0.1) is 10.4 Å². The van der Waals surface area contributed by atoms with Crippen molar-refractivity contribution in [2.75, 3.05) is 16.6 Å². The number of aryl methyl sites for hydroxylation is 1. The fourth-order valence-electron chi connectivity index (χ4n) is 3.17. The Bertz CT molecular complexity index is 1130. The van der Waals surface area contributed by atoms with Crippen molar-refractivity contribution in [1.82, 2.24) is 0 Å². The first-order valence-corrected chi connectivity index (χ1v) is 11.0. The van der Waals surface area contributed by atoms with Gasteiger partial charge in [0.2, 0.25) is 10.0 Å². The molecule has 3 rings (SSSR count). The van der Waals surface area contributed by atoms with Crippen LogP contribution in [0.4, 0.5) is 30.2 Å². The third kappa shape index (κ3) is 4.56. The number of allylic oxidation sites excluding steroid dienone is 1. The number of hydrogen-bond acceptors (Lipinski definition) is 4. The van der Waals surface area contributed by atoms with Crippen LogP contribution in [0, 0.1) is 24.4 Å². The molecular formula is C22H23F3N2O3S. The van der Waals surface area contributed by atoms with Gasteiger partial charge in [-0.3, -0.25) is 4.72 Å². The van der Waals surface area contributed by atoms with Crippen LogP contribution in [-0.4, -0.2) is 19.8 Å². The minimum absolute atomic E-state index is 0.0874. The quantitative estimate of drug-likeness (QED) is 0.463. The number of benzene rings is 2. The van der Waals surface area contributed by atoms with Crippen molar-refractivity contribution in [1.29, 1.82) is 0 Å². The topological polar surface area (TPSA) is 67.4 Å². The summed E-state index contributed by atoms with van der Waals surface area (Å²) in [7, 11) is -4.02. The molecule has 0 bridgehead atoms. The van der Waals surface area contributed by atoms with Crippen molar-refractivity contribution in [3.63, 3.8) is 0 Å². The highest BCUT2D eigenvalue weighted by Gasteiger charge is 2.54. The smallest absolute Gasteiger partial charge is 0.238 e. The van der Waals surface area contributed by atoms with E-state index in [1.807, 2.05) is 0 Å². The van der Waals surface area contributed by atoms with E-state index in [1.165, 1.54) is 24.3 Å². The molecule has 31 heavy (non-hydrogen) atoms. The Hall–Kier alpha value is -2.94. The van der Waals surface area contributed by atoms with Gasteiger partial charge in [-0.25, -0.2) is 21.6 Å². The van der Waals surface area contributed by atoms with Crippen LogP contribution in [0.15, 0.2) is 49.6 Å². The number of halogens is 3. The molecule has 2 aromatic rings. The number of ether oxygens (including phenoxy) is 1. The van der Waals surface area contributed by atoms with Crippen LogP contribution in [-0.2, 0) is 10.0 Å². The van der Waals surface area contributed by atoms with Crippen LogP contribution in [0.2, 0.25) is 0 Å². The van der Waals surface area contributed by atoms with Gasteiger partial charge in [0.1, 0.15) is 29.5 Å². The van der Waals surface area contributed by atoms with Gasteiger partial charge < -0.3 is 10.1 Å². The summed E-state index contributed by atoms with van der Waals surface area (Å²) in [6.07, 6.45) is 3.86. The van der Waals surface area contributed by atoms with E-state index in [9.17, 15) is 21.6 Å². The molecule has 0 radical (unpaired) electrons. The standard InChI is InChI=1S/C22H23F3N2O3S/c1-4-8-22(9-10-22)31(28,29)27-20-18(30-11-5-2)13-16(24)19(25)21(20)26-17-7-6-14(3)12-15(17)23/h4-7,12-13,26-27H,1-2,8-11H2,3H3. The fraction of sp³-hybridized carbons (Fsp3) is 0.273. The Morgan fingerprint density at radius 1 is 1.10 bits per heavy atom. The number of hydrogen-bond donors (Lipinski definition) is 2. The molecule has 1 fully saturated rings. The van der Waals surface area contributed by atoms with Gasteiger partial charge in [-0.1, -0.05) is 24.8 Å². The van der Waals surface area contributed by atoms with Gasteiger partial charge >= 0.3 is 0 Å². The monoisotopic (exact) mass is 452 g/mol.